The van der Waals surface area contributed by atoms with Crippen molar-refractivity contribution >= 4 is 5.96 Å². The van der Waals surface area contributed by atoms with Crippen molar-refractivity contribution in [3.05, 3.63) is 59.7 Å². The molecule has 0 bridgehead atoms. The fourth-order valence-corrected chi connectivity index (χ4v) is 3.37. The SMILES string of the molecule is CN=C(NCc1coc(-c2ccc(C)cc2)n1)N1CCOC(c2cnn(C)c2)C1. The van der Waals surface area contributed by atoms with E-state index in [4.69, 9.17) is 9.15 Å². The Kier molecular flexibility index (Phi) is 5.62. The molecule has 0 aliphatic carbocycles. The molecule has 1 aromatic carbocycles. The van der Waals surface area contributed by atoms with Gasteiger partial charge in [0.1, 0.15) is 12.4 Å². The van der Waals surface area contributed by atoms with Crippen LogP contribution in [-0.4, -0.2) is 52.4 Å². The molecule has 1 N–H and O–H groups in total. The lowest BCUT2D eigenvalue weighted by Crippen LogP contribution is -2.47. The first-order chi connectivity index (χ1) is 14.1. The standard InChI is InChI=1S/C21H26N6O2/c1-15-4-6-16(7-5-15)20-25-18(14-29-20)11-23-21(22-2)27-8-9-28-19(13-27)17-10-24-26(3)12-17/h4-7,10,12,14,19H,8-9,11,13H2,1-3H3,(H,22,23). The van der Waals surface area contributed by atoms with Gasteiger partial charge < -0.3 is 19.4 Å². The molecule has 0 spiro atoms. The van der Waals surface area contributed by atoms with E-state index in [1.54, 1.807) is 18.0 Å². The predicted molar refractivity (Wildman–Crippen MR) is 110 cm³/mol. The molecule has 3 aromatic rings. The minimum Gasteiger partial charge on any atom is -0.444 e. The van der Waals surface area contributed by atoms with Crippen molar-refractivity contribution in [1.29, 1.82) is 0 Å². The van der Waals surface area contributed by atoms with Gasteiger partial charge in [0.2, 0.25) is 5.89 Å². The number of nitrogens with one attached hydrogen (secondary N) is 1. The highest BCUT2D eigenvalue weighted by Crippen LogP contribution is 2.22. The van der Waals surface area contributed by atoms with Crippen LogP contribution in [0.15, 0.2) is 52.3 Å². The number of oxazole rings is 1. The van der Waals surface area contributed by atoms with Crippen LogP contribution in [0.1, 0.15) is 22.9 Å². The Morgan fingerprint density at radius 2 is 2.14 bits per heavy atom. The highest BCUT2D eigenvalue weighted by molar-refractivity contribution is 5.80. The summed E-state index contributed by atoms with van der Waals surface area (Å²) in [6, 6.07) is 8.14. The van der Waals surface area contributed by atoms with Crippen LogP contribution in [0.25, 0.3) is 11.5 Å². The lowest BCUT2D eigenvalue weighted by Gasteiger charge is -2.34. The van der Waals surface area contributed by atoms with E-state index in [-0.39, 0.29) is 6.10 Å². The van der Waals surface area contributed by atoms with Gasteiger partial charge in [-0.25, -0.2) is 4.98 Å². The number of aliphatic imine (C=N–C) groups is 1. The van der Waals surface area contributed by atoms with Gasteiger partial charge in [0.25, 0.3) is 0 Å². The second-order valence-corrected chi connectivity index (χ2v) is 7.16. The molecule has 0 amide bonds. The van der Waals surface area contributed by atoms with Crippen molar-refractivity contribution in [2.75, 3.05) is 26.7 Å². The summed E-state index contributed by atoms with van der Waals surface area (Å²) in [5.41, 5.74) is 4.09. The van der Waals surface area contributed by atoms with Crippen molar-refractivity contribution in [2.45, 2.75) is 19.6 Å². The molecule has 1 unspecified atom stereocenters. The first kappa shape index (κ1) is 19.2. The molecule has 3 heterocycles. The summed E-state index contributed by atoms with van der Waals surface area (Å²) < 4.78 is 13.4. The molecule has 1 aliphatic heterocycles. The Bertz CT molecular complexity index is 975. The zero-order valence-corrected chi connectivity index (χ0v) is 17.0. The lowest BCUT2D eigenvalue weighted by molar-refractivity contribution is -0.00805. The largest absolute Gasteiger partial charge is 0.444 e. The number of guanidine groups is 1. The Morgan fingerprint density at radius 1 is 1.31 bits per heavy atom. The number of aryl methyl sites for hydroxylation is 2. The summed E-state index contributed by atoms with van der Waals surface area (Å²) in [4.78, 5) is 11.2. The van der Waals surface area contributed by atoms with Gasteiger partial charge in [-0.1, -0.05) is 17.7 Å². The van der Waals surface area contributed by atoms with Gasteiger partial charge >= 0.3 is 0 Å². The molecular formula is C21H26N6O2. The van der Waals surface area contributed by atoms with Gasteiger partial charge in [0.05, 0.1) is 31.6 Å². The first-order valence-corrected chi connectivity index (χ1v) is 9.69. The van der Waals surface area contributed by atoms with E-state index < -0.39 is 0 Å². The quantitative estimate of drug-likeness (QED) is 0.541. The topological polar surface area (TPSA) is 80.7 Å². The van der Waals surface area contributed by atoms with Crippen LogP contribution in [-0.2, 0) is 18.3 Å². The van der Waals surface area contributed by atoms with Crippen LogP contribution < -0.4 is 5.32 Å². The number of ether oxygens (including phenoxy) is 1. The van der Waals surface area contributed by atoms with Gasteiger partial charge in [0, 0.05) is 38.0 Å². The van der Waals surface area contributed by atoms with Crippen molar-refractivity contribution in [1.82, 2.24) is 25.0 Å². The summed E-state index contributed by atoms with van der Waals surface area (Å²) >= 11 is 0. The molecule has 1 atom stereocenters. The van der Waals surface area contributed by atoms with Gasteiger partial charge in [-0.3, -0.25) is 9.67 Å². The number of hydrogen-bond donors (Lipinski definition) is 1. The molecule has 8 nitrogen and oxygen atoms in total. The molecule has 1 aliphatic rings. The maximum atomic E-state index is 5.92. The maximum absolute atomic E-state index is 5.92. The average molecular weight is 394 g/mol. The summed E-state index contributed by atoms with van der Waals surface area (Å²) in [6.07, 6.45) is 5.52. The Labute approximate surface area is 170 Å². The predicted octanol–water partition coefficient (Wildman–Crippen LogP) is 2.53. The number of hydrogen-bond acceptors (Lipinski definition) is 5. The van der Waals surface area contributed by atoms with Crippen molar-refractivity contribution in [3.8, 4) is 11.5 Å². The summed E-state index contributed by atoms with van der Waals surface area (Å²) in [7, 11) is 3.70. The Hall–Kier alpha value is -3.13. The van der Waals surface area contributed by atoms with Crippen LogP contribution in [0.4, 0.5) is 0 Å². The fourth-order valence-electron chi connectivity index (χ4n) is 3.37. The molecule has 8 heteroatoms. The highest BCUT2D eigenvalue weighted by atomic mass is 16.5. The lowest BCUT2D eigenvalue weighted by atomic mass is 10.1. The van der Waals surface area contributed by atoms with E-state index in [0.29, 0.717) is 19.0 Å². The number of nitrogens with zero attached hydrogens (tertiary/aromatic N) is 5. The molecule has 1 saturated heterocycles. The zero-order valence-electron chi connectivity index (χ0n) is 17.0. The van der Waals surface area contributed by atoms with Crippen molar-refractivity contribution in [2.24, 2.45) is 12.0 Å². The minimum atomic E-state index is -0.0174. The van der Waals surface area contributed by atoms with Crippen LogP contribution in [0.2, 0.25) is 0 Å². The average Bonchev–Trinajstić information content (AvgIpc) is 3.39. The summed E-state index contributed by atoms with van der Waals surface area (Å²) in [6.45, 7) is 4.74. The number of benzene rings is 1. The van der Waals surface area contributed by atoms with Gasteiger partial charge in [0.15, 0.2) is 5.96 Å². The Morgan fingerprint density at radius 3 is 2.86 bits per heavy atom. The monoisotopic (exact) mass is 394 g/mol. The second-order valence-electron chi connectivity index (χ2n) is 7.16. The molecule has 29 heavy (non-hydrogen) atoms. The molecule has 4 rings (SSSR count). The van der Waals surface area contributed by atoms with E-state index in [9.17, 15) is 0 Å². The smallest absolute Gasteiger partial charge is 0.226 e. The van der Waals surface area contributed by atoms with Crippen molar-refractivity contribution in [3.63, 3.8) is 0 Å². The third-order valence-corrected chi connectivity index (χ3v) is 4.95. The molecule has 0 saturated carbocycles. The fraction of sp³-hybridized carbons (Fsp3) is 0.381. The molecular weight excluding hydrogens is 368 g/mol. The van der Waals surface area contributed by atoms with E-state index in [0.717, 1.165) is 35.9 Å². The molecule has 0 radical (unpaired) electrons. The summed E-state index contributed by atoms with van der Waals surface area (Å²) in [5.74, 6) is 1.45. The van der Waals surface area contributed by atoms with E-state index in [2.05, 4.69) is 44.3 Å². The van der Waals surface area contributed by atoms with Gasteiger partial charge in [-0.15, -0.1) is 0 Å². The van der Waals surface area contributed by atoms with Crippen LogP contribution in [0.5, 0.6) is 0 Å². The van der Waals surface area contributed by atoms with Crippen LogP contribution in [0.3, 0.4) is 0 Å². The number of morpholine rings is 1. The normalized spacial score (nSPS) is 17.6. The van der Waals surface area contributed by atoms with E-state index in [1.807, 2.05) is 31.6 Å². The highest BCUT2D eigenvalue weighted by Gasteiger charge is 2.25. The van der Waals surface area contributed by atoms with Crippen LogP contribution >= 0.6 is 0 Å². The Balaban J connectivity index is 1.37. The van der Waals surface area contributed by atoms with Crippen LogP contribution in [0, 0.1) is 6.92 Å². The molecule has 1 fully saturated rings. The zero-order chi connectivity index (χ0) is 20.2. The minimum absolute atomic E-state index is 0.0174. The van der Waals surface area contributed by atoms with Gasteiger partial charge in [-0.2, -0.15) is 5.10 Å². The van der Waals surface area contributed by atoms with Crippen molar-refractivity contribution < 1.29 is 9.15 Å². The number of rotatable bonds is 4. The van der Waals surface area contributed by atoms with E-state index in [1.165, 1.54) is 5.56 Å². The summed E-state index contributed by atoms with van der Waals surface area (Å²) in [5, 5.41) is 7.63. The molecule has 152 valence electrons. The third kappa shape index (κ3) is 4.48. The maximum Gasteiger partial charge on any atom is 0.226 e. The first-order valence-electron chi connectivity index (χ1n) is 9.69. The second kappa shape index (κ2) is 8.48. The van der Waals surface area contributed by atoms with E-state index >= 15 is 0 Å². The van der Waals surface area contributed by atoms with Gasteiger partial charge in [-0.05, 0) is 19.1 Å². The molecule has 2 aromatic heterocycles. The third-order valence-electron chi connectivity index (χ3n) is 4.95. The number of aromatic nitrogens is 3.